The van der Waals surface area contributed by atoms with E-state index in [-0.39, 0.29) is 18.5 Å². The van der Waals surface area contributed by atoms with Crippen LogP contribution in [0.5, 0.6) is 0 Å². The number of hydrogen-bond acceptors (Lipinski definition) is 6. The molecule has 1 aliphatic carbocycles. The molecule has 1 saturated carbocycles. The van der Waals surface area contributed by atoms with Crippen molar-refractivity contribution in [2.75, 3.05) is 6.61 Å². The molecule has 0 bridgehead atoms. The number of ether oxygens (including phenoxy) is 2. The standard InChI is InChI=1S/C22H19F4NO5/c1-4-7-31-20(29)11(9-27)8-14-15(22(14,2)3)21(30)32-10-13-18(25)16(23)12(5-6-28)17(24)19(13)26/h4,6,8,14-15H,1,5,7,10H2,2-3H3/b11-8+. The summed E-state index contributed by atoms with van der Waals surface area (Å²) >= 11 is 0. The molecule has 0 radical (unpaired) electrons. The number of hydrogen-bond donors (Lipinski definition) is 0. The maximum Gasteiger partial charge on any atom is 0.348 e. The molecule has 0 aliphatic heterocycles. The molecule has 170 valence electrons. The van der Waals surface area contributed by atoms with Crippen LogP contribution in [-0.4, -0.2) is 24.8 Å². The Balaban J connectivity index is 2.18. The quantitative estimate of drug-likeness (QED) is 0.108. The van der Waals surface area contributed by atoms with Crippen LogP contribution in [-0.2, 0) is 36.9 Å². The highest BCUT2D eigenvalue weighted by molar-refractivity contribution is 5.93. The second kappa shape index (κ2) is 9.77. The van der Waals surface area contributed by atoms with Crippen LogP contribution >= 0.6 is 0 Å². The van der Waals surface area contributed by atoms with Crippen LogP contribution in [0.4, 0.5) is 17.6 Å². The van der Waals surface area contributed by atoms with Crippen LogP contribution in [0.15, 0.2) is 24.3 Å². The van der Waals surface area contributed by atoms with Gasteiger partial charge in [-0.25, -0.2) is 22.4 Å². The lowest BCUT2D eigenvalue weighted by atomic mass is 10.1. The highest BCUT2D eigenvalue weighted by atomic mass is 19.2. The zero-order chi connectivity index (χ0) is 24.2. The Morgan fingerprint density at radius 2 is 1.66 bits per heavy atom. The highest BCUT2D eigenvalue weighted by Crippen LogP contribution is 2.60. The predicted molar refractivity (Wildman–Crippen MR) is 101 cm³/mol. The molecule has 2 atom stereocenters. The molecule has 0 heterocycles. The lowest BCUT2D eigenvalue weighted by Crippen LogP contribution is -2.15. The second-order valence-corrected chi connectivity index (χ2v) is 7.60. The smallest absolute Gasteiger partial charge is 0.348 e. The van der Waals surface area contributed by atoms with Gasteiger partial charge in [0.2, 0.25) is 0 Å². The number of benzene rings is 1. The Morgan fingerprint density at radius 3 is 2.16 bits per heavy atom. The first-order valence-electron chi connectivity index (χ1n) is 9.36. The van der Waals surface area contributed by atoms with Gasteiger partial charge in [0.1, 0.15) is 31.1 Å². The number of nitrogens with zero attached hydrogens (tertiary/aromatic N) is 1. The van der Waals surface area contributed by atoms with Crippen LogP contribution < -0.4 is 0 Å². The second-order valence-electron chi connectivity index (χ2n) is 7.60. The number of halogens is 4. The average Bonchev–Trinajstić information content (AvgIpc) is 3.31. The van der Waals surface area contributed by atoms with E-state index >= 15 is 0 Å². The third-order valence-electron chi connectivity index (χ3n) is 5.27. The third kappa shape index (κ3) is 4.72. The van der Waals surface area contributed by atoms with E-state index in [2.05, 4.69) is 6.58 Å². The number of allylic oxidation sites excluding steroid dienone is 1. The minimum atomic E-state index is -1.77. The lowest BCUT2D eigenvalue weighted by molar-refractivity contribution is -0.147. The molecule has 0 amide bonds. The fourth-order valence-electron chi connectivity index (χ4n) is 3.33. The molecular weight excluding hydrogens is 434 g/mol. The first-order chi connectivity index (χ1) is 15.0. The number of carbonyl (C=O) groups excluding carboxylic acids is 3. The van der Waals surface area contributed by atoms with E-state index in [4.69, 9.17) is 14.7 Å². The van der Waals surface area contributed by atoms with Gasteiger partial charge in [-0.1, -0.05) is 32.6 Å². The fraction of sp³-hybridized carbons (Fsp3) is 0.364. The highest BCUT2D eigenvalue weighted by Gasteiger charge is 2.62. The SMILES string of the molecule is C=CCOC(=O)/C(C#N)=C/C1C(C(=O)OCc2c(F)c(F)c(CC=O)c(F)c2F)C1(C)C. The van der Waals surface area contributed by atoms with Crippen LogP contribution in [0.2, 0.25) is 0 Å². The number of nitriles is 1. The number of rotatable bonds is 9. The van der Waals surface area contributed by atoms with Crippen molar-refractivity contribution in [3.63, 3.8) is 0 Å². The van der Waals surface area contributed by atoms with Crippen molar-refractivity contribution in [3.8, 4) is 6.07 Å². The maximum atomic E-state index is 14.1. The molecule has 6 nitrogen and oxygen atoms in total. The molecule has 2 unspecified atom stereocenters. The molecule has 0 N–H and O–H groups in total. The van der Waals surface area contributed by atoms with E-state index in [0.717, 1.165) is 0 Å². The van der Waals surface area contributed by atoms with Crippen molar-refractivity contribution in [3.05, 3.63) is 58.7 Å². The van der Waals surface area contributed by atoms with E-state index in [1.807, 2.05) is 0 Å². The summed E-state index contributed by atoms with van der Waals surface area (Å²) in [5, 5.41) is 9.16. The van der Waals surface area contributed by atoms with Crippen LogP contribution in [0.25, 0.3) is 0 Å². The normalized spacial score (nSPS) is 19.0. The Labute approximate surface area is 181 Å². The number of esters is 2. The van der Waals surface area contributed by atoms with E-state index in [1.165, 1.54) is 12.2 Å². The Hall–Kier alpha value is -3.48. The molecule has 1 fully saturated rings. The van der Waals surface area contributed by atoms with Crippen LogP contribution in [0.3, 0.4) is 0 Å². The van der Waals surface area contributed by atoms with Gasteiger partial charge in [0.25, 0.3) is 0 Å². The Morgan fingerprint density at radius 1 is 1.09 bits per heavy atom. The summed E-state index contributed by atoms with van der Waals surface area (Å²) in [6, 6.07) is 1.67. The lowest BCUT2D eigenvalue weighted by Gasteiger charge is -2.11. The Bertz CT molecular complexity index is 1010. The number of aldehydes is 1. The van der Waals surface area contributed by atoms with Crippen molar-refractivity contribution in [2.45, 2.75) is 26.9 Å². The van der Waals surface area contributed by atoms with Gasteiger partial charge in [-0.3, -0.25) is 4.79 Å². The van der Waals surface area contributed by atoms with Gasteiger partial charge in [0, 0.05) is 12.0 Å². The molecule has 0 aromatic heterocycles. The summed E-state index contributed by atoms with van der Waals surface area (Å²) in [7, 11) is 0. The summed E-state index contributed by atoms with van der Waals surface area (Å²) in [4.78, 5) is 34.8. The summed E-state index contributed by atoms with van der Waals surface area (Å²) in [5.74, 6) is -10.4. The largest absolute Gasteiger partial charge is 0.460 e. The number of carbonyl (C=O) groups is 3. The first-order valence-corrected chi connectivity index (χ1v) is 9.36. The summed E-state index contributed by atoms with van der Waals surface area (Å²) < 4.78 is 65.8. The van der Waals surface area contributed by atoms with Crippen molar-refractivity contribution in [1.82, 2.24) is 0 Å². The summed E-state index contributed by atoms with van der Waals surface area (Å²) in [5.41, 5.74) is -3.31. The molecule has 1 aromatic rings. The Kier molecular flexibility index (Phi) is 7.56. The topological polar surface area (TPSA) is 93.5 Å². The van der Waals surface area contributed by atoms with Crippen molar-refractivity contribution in [1.29, 1.82) is 5.26 Å². The van der Waals surface area contributed by atoms with Crippen LogP contribution in [0.1, 0.15) is 25.0 Å². The molecular formula is C22H19F4NO5. The van der Waals surface area contributed by atoms with Gasteiger partial charge in [-0.05, 0) is 11.3 Å². The van der Waals surface area contributed by atoms with E-state index in [9.17, 15) is 31.9 Å². The zero-order valence-corrected chi connectivity index (χ0v) is 17.2. The summed E-state index contributed by atoms with van der Waals surface area (Å²) in [6.45, 7) is 5.44. The van der Waals surface area contributed by atoms with Gasteiger partial charge < -0.3 is 14.3 Å². The maximum absolute atomic E-state index is 14.1. The van der Waals surface area contributed by atoms with Gasteiger partial charge in [-0.2, -0.15) is 5.26 Å². The van der Waals surface area contributed by atoms with Gasteiger partial charge in [-0.15, -0.1) is 0 Å². The third-order valence-corrected chi connectivity index (χ3v) is 5.27. The molecule has 1 aliphatic rings. The minimum Gasteiger partial charge on any atom is -0.460 e. The minimum absolute atomic E-state index is 0.0889. The van der Waals surface area contributed by atoms with E-state index < -0.39 is 76.6 Å². The molecule has 0 spiro atoms. The summed E-state index contributed by atoms with van der Waals surface area (Å²) in [6.07, 6.45) is 1.77. The van der Waals surface area contributed by atoms with Gasteiger partial charge >= 0.3 is 11.9 Å². The molecule has 32 heavy (non-hydrogen) atoms. The molecule has 2 rings (SSSR count). The monoisotopic (exact) mass is 453 g/mol. The van der Waals surface area contributed by atoms with E-state index in [1.54, 1.807) is 19.9 Å². The predicted octanol–water partition coefficient (Wildman–Crippen LogP) is 3.48. The van der Waals surface area contributed by atoms with Gasteiger partial charge in [0.15, 0.2) is 23.3 Å². The van der Waals surface area contributed by atoms with Crippen LogP contribution in [0, 0.1) is 51.9 Å². The van der Waals surface area contributed by atoms with Crippen molar-refractivity contribution < 1.29 is 41.4 Å². The van der Waals surface area contributed by atoms with Crippen molar-refractivity contribution in [2.24, 2.45) is 17.3 Å². The molecule has 10 heteroatoms. The van der Waals surface area contributed by atoms with Gasteiger partial charge in [0.05, 0.1) is 11.5 Å². The first kappa shape index (κ1) is 24.8. The zero-order valence-electron chi connectivity index (χ0n) is 17.2. The fourth-order valence-corrected chi connectivity index (χ4v) is 3.33. The molecule has 1 aromatic carbocycles. The van der Waals surface area contributed by atoms with Crippen molar-refractivity contribution >= 4 is 18.2 Å². The average molecular weight is 453 g/mol. The molecule has 0 saturated heterocycles. The van der Waals surface area contributed by atoms with E-state index in [0.29, 0.717) is 0 Å².